The van der Waals surface area contributed by atoms with Gasteiger partial charge in [0.1, 0.15) is 12.4 Å². The highest BCUT2D eigenvalue weighted by Crippen LogP contribution is 2.24. The normalized spacial score (nSPS) is 15.9. The van der Waals surface area contributed by atoms with Gasteiger partial charge in [0.25, 0.3) is 0 Å². The maximum absolute atomic E-state index is 5.90. The van der Waals surface area contributed by atoms with E-state index in [1.807, 2.05) is 0 Å². The van der Waals surface area contributed by atoms with Gasteiger partial charge >= 0.3 is 0 Å². The highest BCUT2D eigenvalue weighted by Gasteiger charge is 2.11. The molecule has 0 spiro atoms. The molecule has 1 aliphatic carbocycles. The van der Waals surface area contributed by atoms with Crippen LogP contribution in [0.15, 0.2) is 18.2 Å². The van der Waals surface area contributed by atoms with Crippen LogP contribution in [0.3, 0.4) is 0 Å². The number of benzene rings is 1. The molecule has 2 rings (SSSR count). The van der Waals surface area contributed by atoms with Gasteiger partial charge in [-0.15, -0.1) is 12.4 Å². The zero-order chi connectivity index (χ0) is 12.8. The minimum atomic E-state index is 0. The molecule has 1 aromatic carbocycles. The zero-order valence-electron chi connectivity index (χ0n) is 10.8. The van der Waals surface area contributed by atoms with E-state index in [1.54, 1.807) is 18.2 Å². The first-order valence-electron chi connectivity index (χ1n) is 6.56. The van der Waals surface area contributed by atoms with Crippen LogP contribution in [-0.2, 0) is 0 Å². The standard InChI is InChI=1S/C14H19Cl2NO.ClH/c15-11-8-12(16)10-14(9-11)18-7-6-17-13-4-2-1-3-5-13;/h8-10,13,17H,1-7H2;1H. The predicted molar refractivity (Wildman–Crippen MR) is 84.1 cm³/mol. The Kier molecular flexibility index (Phi) is 7.93. The molecular weight excluding hydrogens is 305 g/mol. The Hall–Kier alpha value is -0.150. The summed E-state index contributed by atoms with van der Waals surface area (Å²) in [5, 5.41) is 4.75. The largest absolute Gasteiger partial charge is 0.492 e. The minimum Gasteiger partial charge on any atom is -0.492 e. The van der Waals surface area contributed by atoms with Gasteiger partial charge in [0.2, 0.25) is 0 Å². The van der Waals surface area contributed by atoms with Crippen LogP contribution in [0, 0.1) is 0 Å². The first kappa shape index (κ1) is 16.9. The molecule has 1 aromatic rings. The third kappa shape index (κ3) is 6.22. The Balaban J connectivity index is 0.00000180. The molecule has 0 heterocycles. The number of halogens is 3. The zero-order valence-corrected chi connectivity index (χ0v) is 13.2. The topological polar surface area (TPSA) is 21.3 Å². The van der Waals surface area contributed by atoms with E-state index < -0.39 is 0 Å². The van der Waals surface area contributed by atoms with Gasteiger partial charge in [-0.3, -0.25) is 0 Å². The van der Waals surface area contributed by atoms with Crippen LogP contribution in [-0.4, -0.2) is 19.2 Å². The van der Waals surface area contributed by atoms with Gasteiger partial charge in [-0.2, -0.15) is 0 Å². The molecule has 108 valence electrons. The summed E-state index contributed by atoms with van der Waals surface area (Å²) in [5.74, 6) is 0.734. The van der Waals surface area contributed by atoms with Crippen molar-refractivity contribution in [3.8, 4) is 5.75 Å². The van der Waals surface area contributed by atoms with Gasteiger partial charge < -0.3 is 10.1 Å². The van der Waals surface area contributed by atoms with E-state index in [0.717, 1.165) is 12.3 Å². The molecule has 1 N–H and O–H groups in total. The SMILES string of the molecule is Cl.Clc1cc(Cl)cc(OCCNC2CCCCC2)c1. The molecule has 5 heteroatoms. The second-order valence-corrected chi connectivity index (χ2v) is 5.62. The van der Waals surface area contributed by atoms with E-state index in [1.165, 1.54) is 32.1 Å². The molecule has 0 atom stereocenters. The van der Waals surface area contributed by atoms with Crippen molar-refractivity contribution in [1.82, 2.24) is 5.32 Å². The van der Waals surface area contributed by atoms with E-state index >= 15 is 0 Å². The highest BCUT2D eigenvalue weighted by molar-refractivity contribution is 6.34. The minimum absolute atomic E-state index is 0. The molecule has 2 nitrogen and oxygen atoms in total. The average molecular weight is 325 g/mol. The number of ether oxygens (including phenoxy) is 1. The lowest BCUT2D eigenvalue weighted by atomic mass is 9.96. The van der Waals surface area contributed by atoms with Crippen LogP contribution in [0.1, 0.15) is 32.1 Å². The summed E-state index contributed by atoms with van der Waals surface area (Å²) in [7, 11) is 0. The summed E-state index contributed by atoms with van der Waals surface area (Å²) >= 11 is 11.8. The van der Waals surface area contributed by atoms with E-state index in [0.29, 0.717) is 22.7 Å². The molecule has 1 fully saturated rings. The summed E-state index contributed by atoms with van der Waals surface area (Å²) in [6, 6.07) is 5.95. The van der Waals surface area contributed by atoms with Crippen molar-refractivity contribution in [3.63, 3.8) is 0 Å². The van der Waals surface area contributed by atoms with Gasteiger partial charge in [-0.1, -0.05) is 42.5 Å². The van der Waals surface area contributed by atoms with E-state index in [4.69, 9.17) is 27.9 Å². The molecule has 0 saturated heterocycles. The lowest BCUT2D eigenvalue weighted by Gasteiger charge is -2.22. The monoisotopic (exact) mass is 323 g/mol. The van der Waals surface area contributed by atoms with E-state index in [2.05, 4.69) is 5.32 Å². The fourth-order valence-corrected chi connectivity index (χ4v) is 2.86. The quantitative estimate of drug-likeness (QED) is 0.792. The Morgan fingerprint density at radius 1 is 1.05 bits per heavy atom. The molecule has 19 heavy (non-hydrogen) atoms. The summed E-state index contributed by atoms with van der Waals surface area (Å²) < 4.78 is 5.63. The highest BCUT2D eigenvalue weighted by atomic mass is 35.5. The van der Waals surface area contributed by atoms with Crippen molar-refractivity contribution in [2.75, 3.05) is 13.2 Å². The maximum atomic E-state index is 5.90. The van der Waals surface area contributed by atoms with Crippen LogP contribution in [0.4, 0.5) is 0 Å². The average Bonchev–Trinajstić information content (AvgIpc) is 2.35. The van der Waals surface area contributed by atoms with Crippen LogP contribution < -0.4 is 10.1 Å². The fraction of sp³-hybridized carbons (Fsp3) is 0.571. The molecule has 0 aromatic heterocycles. The van der Waals surface area contributed by atoms with Crippen LogP contribution >= 0.6 is 35.6 Å². The van der Waals surface area contributed by atoms with Crippen molar-refractivity contribution in [1.29, 1.82) is 0 Å². The second-order valence-electron chi connectivity index (χ2n) is 4.74. The van der Waals surface area contributed by atoms with Crippen molar-refractivity contribution in [2.45, 2.75) is 38.1 Å². The second kappa shape index (κ2) is 8.91. The first-order valence-corrected chi connectivity index (χ1v) is 7.32. The number of hydrogen-bond donors (Lipinski definition) is 1. The molecule has 0 unspecified atom stereocenters. The maximum Gasteiger partial charge on any atom is 0.122 e. The summed E-state index contributed by atoms with van der Waals surface area (Å²) in [4.78, 5) is 0. The lowest BCUT2D eigenvalue weighted by molar-refractivity contribution is 0.289. The van der Waals surface area contributed by atoms with Gasteiger partial charge in [-0.25, -0.2) is 0 Å². The Bertz CT molecular complexity index is 361. The lowest BCUT2D eigenvalue weighted by Crippen LogP contribution is -2.34. The molecular formula is C14H20Cl3NO. The Morgan fingerprint density at radius 2 is 1.68 bits per heavy atom. The fourth-order valence-electron chi connectivity index (χ4n) is 2.35. The van der Waals surface area contributed by atoms with Crippen LogP contribution in [0.5, 0.6) is 5.75 Å². The molecule has 1 saturated carbocycles. The van der Waals surface area contributed by atoms with Crippen molar-refractivity contribution in [2.24, 2.45) is 0 Å². The summed E-state index contributed by atoms with van der Waals surface area (Å²) in [6.45, 7) is 1.52. The van der Waals surface area contributed by atoms with Crippen molar-refractivity contribution >= 4 is 35.6 Å². The number of hydrogen-bond acceptors (Lipinski definition) is 2. The smallest absolute Gasteiger partial charge is 0.122 e. The molecule has 1 aliphatic rings. The number of nitrogens with one attached hydrogen (secondary N) is 1. The molecule has 0 radical (unpaired) electrons. The third-order valence-electron chi connectivity index (χ3n) is 3.25. The van der Waals surface area contributed by atoms with E-state index in [9.17, 15) is 0 Å². The summed E-state index contributed by atoms with van der Waals surface area (Å²) in [5.41, 5.74) is 0. The third-order valence-corrected chi connectivity index (χ3v) is 3.68. The molecule has 0 amide bonds. The van der Waals surface area contributed by atoms with Gasteiger partial charge in [0, 0.05) is 22.6 Å². The summed E-state index contributed by atoms with van der Waals surface area (Å²) in [6.07, 6.45) is 6.67. The van der Waals surface area contributed by atoms with Crippen LogP contribution in [0.2, 0.25) is 10.0 Å². The van der Waals surface area contributed by atoms with Gasteiger partial charge in [0.05, 0.1) is 0 Å². The van der Waals surface area contributed by atoms with Gasteiger partial charge in [-0.05, 0) is 31.0 Å². The first-order chi connectivity index (χ1) is 8.74. The van der Waals surface area contributed by atoms with Crippen LogP contribution in [0.25, 0.3) is 0 Å². The van der Waals surface area contributed by atoms with Crippen molar-refractivity contribution < 1.29 is 4.74 Å². The number of rotatable bonds is 5. The molecule has 0 aliphatic heterocycles. The van der Waals surface area contributed by atoms with Crippen molar-refractivity contribution in [3.05, 3.63) is 28.2 Å². The Labute approximate surface area is 131 Å². The van der Waals surface area contributed by atoms with E-state index in [-0.39, 0.29) is 12.4 Å². The molecule has 0 bridgehead atoms. The predicted octanol–water partition coefficient (Wildman–Crippen LogP) is 4.72. The Morgan fingerprint density at radius 3 is 2.32 bits per heavy atom. The van der Waals surface area contributed by atoms with Gasteiger partial charge in [0.15, 0.2) is 0 Å².